The highest BCUT2D eigenvalue weighted by molar-refractivity contribution is 5.69. The van der Waals surface area contributed by atoms with Gasteiger partial charge in [0.15, 0.2) is 0 Å². The van der Waals surface area contributed by atoms with Crippen molar-refractivity contribution in [1.29, 1.82) is 0 Å². The molecule has 48 heavy (non-hydrogen) atoms. The third-order valence-electron chi connectivity index (χ3n) is 13.9. The summed E-state index contributed by atoms with van der Waals surface area (Å²) in [6, 6.07) is 0. The number of unbranched alkanes of at least 4 members (excludes halogenated alkanes) is 5. The summed E-state index contributed by atoms with van der Waals surface area (Å²) in [5.74, 6) is 4.85. The second-order valence-electron chi connectivity index (χ2n) is 17.3. The first kappa shape index (κ1) is 39.0. The number of carbonyl (C=O) groups is 1. The van der Waals surface area contributed by atoms with Crippen LogP contribution in [-0.2, 0) is 9.53 Å². The van der Waals surface area contributed by atoms with E-state index in [-0.39, 0.29) is 12.1 Å². The van der Waals surface area contributed by atoms with E-state index in [1.165, 1.54) is 82.6 Å². The number of carbonyl (C=O) groups excluding carboxylic acids is 1. The van der Waals surface area contributed by atoms with Gasteiger partial charge >= 0.3 is 5.97 Å². The maximum Gasteiger partial charge on any atom is 0.306 e. The van der Waals surface area contributed by atoms with Crippen LogP contribution in [0.25, 0.3) is 0 Å². The summed E-state index contributed by atoms with van der Waals surface area (Å²) in [5, 5.41) is 0. The standard InChI is InChI=1S/C46H74O2/c1-8-9-10-11-12-13-14-15-16-17-18-19-20-21-22-23-44(47)48-39-30-32-45(6)38(34-39)26-27-40-42-29-28-41(46(42,7)33-31-43(40)45)37(5)25-24-36(4)35(2)3/h9-10,12-13,15-16,26,35,37,39-43H,4,8,11,14,17-25,27-34H2,1-3,5-7H3/b10-9-,13-12-,16-15-/t37-,39+,40+,41-,42+,43+,45+,46-/m1/s1. The fraction of sp³-hybridized carbons (Fsp3) is 0.761. The molecule has 2 nitrogen and oxygen atoms in total. The summed E-state index contributed by atoms with van der Waals surface area (Å²) in [6.45, 7) is 19.0. The highest BCUT2D eigenvalue weighted by atomic mass is 16.5. The topological polar surface area (TPSA) is 26.3 Å². The SMILES string of the molecule is C=C(CC[C@@H](C)[C@H]1CC[C@H]2[C@@H]3CC=C4C[C@@H](OC(=O)CCCCCCC/C=C\C/C=C\C/C=C\CC)CC[C@]4(C)[C@H]3CC[C@]12C)C(C)C. The minimum absolute atomic E-state index is 0.0376. The molecule has 0 saturated heterocycles. The minimum atomic E-state index is 0.0376. The molecule has 0 unspecified atom stereocenters. The van der Waals surface area contributed by atoms with Crippen molar-refractivity contribution in [2.45, 2.75) is 176 Å². The molecule has 4 aliphatic carbocycles. The maximum atomic E-state index is 12.8. The molecular weight excluding hydrogens is 585 g/mol. The molecule has 0 aliphatic heterocycles. The molecule has 0 radical (unpaired) electrons. The van der Waals surface area contributed by atoms with Crippen molar-refractivity contribution >= 4 is 5.97 Å². The van der Waals surface area contributed by atoms with Gasteiger partial charge in [-0.15, -0.1) is 0 Å². The predicted octanol–water partition coefficient (Wildman–Crippen LogP) is 13.7. The van der Waals surface area contributed by atoms with E-state index in [1.807, 2.05) is 0 Å². The van der Waals surface area contributed by atoms with E-state index in [4.69, 9.17) is 4.74 Å². The number of esters is 1. The monoisotopic (exact) mass is 659 g/mol. The molecule has 0 N–H and O–H groups in total. The van der Waals surface area contributed by atoms with Gasteiger partial charge in [-0.3, -0.25) is 4.79 Å². The Morgan fingerprint density at radius 1 is 0.875 bits per heavy atom. The zero-order chi connectivity index (χ0) is 34.6. The molecule has 270 valence electrons. The smallest absolute Gasteiger partial charge is 0.306 e. The Kier molecular flexibility index (Phi) is 15.4. The van der Waals surface area contributed by atoms with Crippen molar-refractivity contribution < 1.29 is 9.53 Å². The highest BCUT2D eigenvalue weighted by Gasteiger charge is 2.59. The van der Waals surface area contributed by atoms with Gasteiger partial charge in [-0.05, 0) is 143 Å². The first-order valence-corrected chi connectivity index (χ1v) is 20.6. The lowest BCUT2D eigenvalue weighted by Gasteiger charge is -2.58. The summed E-state index contributed by atoms with van der Waals surface area (Å²) in [5.41, 5.74) is 3.88. The van der Waals surface area contributed by atoms with Gasteiger partial charge in [-0.1, -0.05) is 121 Å². The van der Waals surface area contributed by atoms with Crippen molar-refractivity contribution in [3.63, 3.8) is 0 Å². The van der Waals surface area contributed by atoms with Gasteiger partial charge in [0.25, 0.3) is 0 Å². The maximum absolute atomic E-state index is 12.8. The highest BCUT2D eigenvalue weighted by Crippen LogP contribution is 2.67. The van der Waals surface area contributed by atoms with Crippen LogP contribution in [0.2, 0.25) is 0 Å². The molecule has 0 aromatic rings. The second-order valence-corrected chi connectivity index (χ2v) is 17.3. The fourth-order valence-electron chi connectivity index (χ4n) is 10.7. The molecule has 2 heteroatoms. The quantitative estimate of drug-likeness (QED) is 0.0784. The molecule has 3 fully saturated rings. The van der Waals surface area contributed by atoms with Crippen molar-refractivity contribution in [3.8, 4) is 0 Å². The molecule has 0 bridgehead atoms. The van der Waals surface area contributed by atoms with Crippen LogP contribution in [0.5, 0.6) is 0 Å². The first-order valence-electron chi connectivity index (χ1n) is 20.6. The van der Waals surface area contributed by atoms with Crippen LogP contribution in [-0.4, -0.2) is 12.1 Å². The van der Waals surface area contributed by atoms with Crippen molar-refractivity contribution in [2.75, 3.05) is 0 Å². The van der Waals surface area contributed by atoms with E-state index in [9.17, 15) is 4.79 Å². The molecule has 0 aromatic heterocycles. The van der Waals surface area contributed by atoms with E-state index in [0.29, 0.717) is 23.2 Å². The summed E-state index contributed by atoms with van der Waals surface area (Å²) in [4.78, 5) is 12.8. The lowest BCUT2D eigenvalue weighted by Crippen LogP contribution is -2.51. The summed E-state index contributed by atoms with van der Waals surface area (Å²) >= 11 is 0. The number of hydrogen-bond donors (Lipinski definition) is 0. The van der Waals surface area contributed by atoms with Crippen LogP contribution >= 0.6 is 0 Å². The molecule has 8 atom stereocenters. The molecule has 4 rings (SSSR count). The molecule has 0 spiro atoms. The fourth-order valence-corrected chi connectivity index (χ4v) is 10.7. The Morgan fingerprint density at radius 2 is 1.58 bits per heavy atom. The van der Waals surface area contributed by atoms with Crippen molar-refractivity contribution in [3.05, 3.63) is 60.3 Å². The summed E-state index contributed by atoms with van der Waals surface area (Å²) < 4.78 is 6.12. The van der Waals surface area contributed by atoms with Gasteiger partial charge in [0.2, 0.25) is 0 Å². The zero-order valence-corrected chi connectivity index (χ0v) is 32.2. The average Bonchev–Trinajstić information content (AvgIpc) is 3.42. The third kappa shape index (κ3) is 10.1. The molecule has 0 amide bonds. The number of rotatable bonds is 19. The molecule has 0 heterocycles. The zero-order valence-electron chi connectivity index (χ0n) is 32.2. The third-order valence-corrected chi connectivity index (χ3v) is 13.9. The summed E-state index contributed by atoms with van der Waals surface area (Å²) in [7, 11) is 0. The lowest BCUT2D eigenvalue weighted by atomic mass is 9.47. The minimum Gasteiger partial charge on any atom is -0.462 e. The van der Waals surface area contributed by atoms with Gasteiger partial charge in [0.1, 0.15) is 6.10 Å². The van der Waals surface area contributed by atoms with Gasteiger partial charge < -0.3 is 4.74 Å². The Morgan fingerprint density at radius 3 is 2.33 bits per heavy atom. The van der Waals surface area contributed by atoms with Gasteiger partial charge in [0.05, 0.1) is 0 Å². The van der Waals surface area contributed by atoms with Crippen molar-refractivity contribution in [1.82, 2.24) is 0 Å². The van der Waals surface area contributed by atoms with E-state index < -0.39 is 0 Å². The van der Waals surface area contributed by atoms with Gasteiger partial charge in [0, 0.05) is 12.8 Å². The number of fused-ring (bicyclic) bond motifs is 5. The number of ether oxygens (including phenoxy) is 1. The van der Waals surface area contributed by atoms with E-state index in [1.54, 1.807) is 5.57 Å². The summed E-state index contributed by atoms with van der Waals surface area (Å²) in [6.07, 6.45) is 39.7. The Hall–Kier alpha value is -1.83. The van der Waals surface area contributed by atoms with Crippen LogP contribution in [0.4, 0.5) is 0 Å². The normalized spacial score (nSPS) is 32.4. The number of allylic oxidation sites excluding steroid dienone is 8. The van der Waals surface area contributed by atoms with Crippen LogP contribution in [0.3, 0.4) is 0 Å². The van der Waals surface area contributed by atoms with Gasteiger partial charge in [-0.2, -0.15) is 0 Å². The van der Waals surface area contributed by atoms with Crippen LogP contribution in [0.1, 0.15) is 170 Å². The van der Waals surface area contributed by atoms with E-state index >= 15 is 0 Å². The Labute approximate surface area is 297 Å². The van der Waals surface area contributed by atoms with E-state index in [2.05, 4.69) is 90.7 Å². The predicted molar refractivity (Wildman–Crippen MR) is 207 cm³/mol. The second kappa shape index (κ2) is 19.0. The van der Waals surface area contributed by atoms with Crippen molar-refractivity contribution in [2.24, 2.45) is 46.3 Å². The van der Waals surface area contributed by atoms with Crippen LogP contribution in [0.15, 0.2) is 60.3 Å². The molecule has 0 aromatic carbocycles. The van der Waals surface area contributed by atoms with Crippen LogP contribution in [0, 0.1) is 46.3 Å². The molecule has 3 saturated carbocycles. The van der Waals surface area contributed by atoms with Gasteiger partial charge in [-0.25, -0.2) is 0 Å². The Bertz CT molecular complexity index is 1140. The first-order chi connectivity index (χ1) is 23.1. The average molecular weight is 659 g/mol. The molecular formula is C46H74O2. The van der Waals surface area contributed by atoms with E-state index in [0.717, 1.165) is 74.5 Å². The Balaban J connectivity index is 1.14. The molecule has 4 aliphatic rings. The lowest BCUT2D eigenvalue weighted by molar-refractivity contribution is -0.151. The number of hydrogen-bond acceptors (Lipinski definition) is 2. The van der Waals surface area contributed by atoms with Crippen LogP contribution < -0.4 is 0 Å². The largest absolute Gasteiger partial charge is 0.462 e.